The predicted octanol–water partition coefficient (Wildman–Crippen LogP) is 13.9. The largest absolute Gasteiger partial charge is 0.473 e. The number of hydrogen-bond donors (Lipinski definition) is 4. The number of aliphatic hydroxyl groups excluding tert-OH is 2. The van der Waals surface area contributed by atoms with Crippen molar-refractivity contribution in [1.29, 1.82) is 0 Å². The number of aliphatic carboxylic acids is 2. The van der Waals surface area contributed by atoms with Gasteiger partial charge in [0.1, 0.15) is 0 Å². The number of hydrogen-bond acceptors (Lipinski definition) is 4. The van der Waals surface area contributed by atoms with Gasteiger partial charge in [-0.3, -0.25) is 0 Å². The number of rotatable bonds is 10. The quantitative estimate of drug-likeness (QED) is 0.128. The lowest BCUT2D eigenvalue weighted by atomic mass is 9.47. The second kappa shape index (κ2) is 20.1. The first-order valence-electron chi connectivity index (χ1n) is 26.4. The zero-order valence-corrected chi connectivity index (χ0v) is 41.4. The van der Waals surface area contributed by atoms with Crippen molar-refractivity contribution in [2.75, 3.05) is 0 Å². The summed E-state index contributed by atoms with van der Waals surface area (Å²) in [6.45, 7) is 25.1. The second-order valence-electron chi connectivity index (χ2n) is 25.0. The highest BCUT2D eigenvalue weighted by molar-refractivity contribution is 6.27. The molecule has 6 saturated carbocycles. The normalized spacial score (nSPS) is 42.7. The summed E-state index contributed by atoms with van der Waals surface area (Å²) in [6, 6.07) is 0. The van der Waals surface area contributed by atoms with Gasteiger partial charge in [-0.05, 0) is 195 Å². The third-order valence-electron chi connectivity index (χ3n) is 20.7. The fourth-order valence-corrected chi connectivity index (χ4v) is 17.3. The number of carboxylic acid groups (broad SMARTS) is 2. The second-order valence-corrected chi connectivity index (χ2v) is 25.0. The van der Waals surface area contributed by atoms with Crippen LogP contribution in [0.3, 0.4) is 0 Å². The Morgan fingerprint density at radius 2 is 0.903 bits per heavy atom. The van der Waals surface area contributed by atoms with Crippen LogP contribution in [-0.2, 0) is 9.59 Å². The third-order valence-corrected chi connectivity index (χ3v) is 20.7. The minimum Gasteiger partial charge on any atom is -0.473 e. The van der Waals surface area contributed by atoms with Crippen molar-refractivity contribution in [3.8, 4) is 0 Å². The molecular weight excluding hydrogens is 769 g/mol. The van der Waals surface area contributed by atoms with Gasteiger partial charge in [0.15, 0.2) is 0 Å². The van der Waals surface area contributed by atoms with Gasteiger partial charge in [-0.1, -0.05) is 131 Å². The van der Waals surface area contributed by atoms with Gasteiger partial charge < -0.3 is 20.4 Å². The van der Waals surface area contributed by atoms with Crippen molar-refractivity contribution < 1.29 is 30.0 Å². The Kier molecular flexibility index (Phi) is 16.1. The van der Waals surface area contributed by atoms with E-state index in [9.17, 15) is 10.2 Å². The van der Waals surface area contributed by atoms with Crippen molar-refractivity contribution in [1.82, 2.24) is 0 Å². The summed E-state index contributed by atoms with van der Waals surface area (Å²) in [4.78, 5) is 18.2. The van der Waals surface area contributed by atoms with Crippen molar-refractivity contribution in [2.24, 2.45) is 92.7 Å². The molecule has 0 aliphatic heterocycles. The van der Waals surface area contributed by atoms with Crippen LogP contribution in [0.15, 0.2) is 23.3 Å². The molecule has 0 aromatic carbocycles. The smallest absolute Gasteiger partial charge is 0.414 e. The van der Waals surface area contributed by atoms with Crippen LogP contribution in [0.1, 0.15) is 210 Å². The van der Waals surface area contributed by atoms with Crippen LogP contribution in [0.4, 0.5) is 0 Å². The summed E-state index contributed by atoms with van der Waals surface area (Å²) in [5.41, 5.74) is 5.21. The monoisotopic (exact) mass is 863 g/mol. The van der Waals surface area contributed by atoms with Crippen LogP contribution in [0, 0.1) is 92.7 Å². The molecule has 8 aliphatic carbocycles. The third kappa shape index (κ3) is 10.0. The molecule has 8 rings (SSSR count). The number of carbonyl (C=O) groups is 2. The van der Waals surface area contributed by atoms with Crippen LogP contribution in [0.5, 0.6) is 0 Å². The number of aliphatic hydroxyl groups is 2. The predicted molar refractivity (Wildman–Crippen MR) is 253 cm³/mol. The minimum absolute atomic E-state index is 0.0766. The van der Waals surface area contributed by atoms with Crippen LogP contribution in [0.2, 0.25) is 0 Å². The average molecular weight is 863 g/mol. The van der Waals surface area contributed by atoms with Crippen LogP contribution >= 0.6 is 0 Å². The molecule has 0 radical (unpaired) electrons. The lowest BCUT2D eigenvalue weighted by Crippen LogP contribution is -2.50. The summed E-state index contributed by atoms with van der Waals surface area (Å²) in [7, 11) is 0. The maximum atomic E-state index is 10.2. The van der Waals surface area contributed by atoms with E-state index < -0.39 is 11.9 Å². The van der Waals surface area contributed by atoms with E-state index in [2.05, 4.69) is 81.4 Å². The first-order chi connectivity index (χ1) is 29.2. The highest BCUT2D eigenvalue weighted by atomic mass is 16.4. The molecule has 0 spiro atoms. The summed E-state index contributed by atoms with van der Waals surface area (Å²) in [5.74, 6) is 7.27. The SMILES string of the molecule is CC(C)CCC[C@@H](C)[C@H]1CC[C@H]2[C@@H]3CC=C4C[C@@H](O)CC[C@]4(C)[C@H]3CC[C@]12C.CC(C)CCC[C@@H](C)[C@H]1CC[C@H]2[C@@H]3CC=C4C[C@@H](O)CC[C@]4(C)[C@H]3CC[C@]12C.O=C(O)C(=O)O. The first-order valence-corrected chi connectivity index (χ1v) is 26.4. The Morgan fingerprint density at radius 1 is 0.532 bits per heavy atom. The van der Waals surface area contributed by atoms with Gasteiger partial charge in [0.05, 0.1) is 12.2 Å². The Balaban J connectivity index is 0.000000183. The van der Waals surface area contributed by atoms with E-state index in [1.54, 1.807) is 11.1 Å². The van der Waals surface area contributed by atoms with E-state index in [0.717, 1.165) is 96.7 Å². The summed E-state index contributed by atoms with van der Waals surface area (Å²) < 4.78 is 0. The summed E-state index contributed by atoms with van der Waals surface area (Å²) in [6.07, 6.45) is 34.3. The molecule has 0 amide bonds. The van der Waals surface area contributed by atoms with Crippen LogP contribution in [-0.4, -0.2) is 44.6 Å². The lowest BCUT2D eigenvalue weighted by Gasteiger charge is -2.58. The van der Waals surface area contributed by atoms with E-state index >= 15 is 0 Å². The molecule has 6 heteroatoms. The van der Waals surface area contributed by atoms with Crippen LogP contribution < -0.4 is 0 Å². The fourth-order valence-electron chi connectivity index (χ4n) is 17.3. The van der Waals surface area contributed by atoms with E-state index in [0.29, 0.717) is 21.7 Å². The molecule has 6 nitrogen and oxygen atoms in total. The highest BCUT2D eigenvalue weighted by Gasteiger charge is 2.60. The fraction of sp³-hybridized carbons (Fsp3) is 0.893. The molecule has 62 heavy (non-hydrogen) atoms. The molecular formula is C56H94O6. The van der Waals surface area contributed by atoms with E-state index in [-0.39, 0.29) is 12.2 Å². The number of carboxylic acids is 2. The number of fused-ring (bicyclic) bond motifs is 10. The zero-order valence-electron chi connectivity index (χ0n) is 41.4. The molecule has 0 saturated heterocycles. The van der Waals surface area contributed by atoms with Crippen molar-refractivity contribution in [3.05, 3.63) is 23.3 Å². The van der Waals surface area contributed by atoms with Gasteiger partial charge >= 0.3 is 11.9 Å². The van der Waals surface area contributed by atoms with E-state index in [1.807, 2.05) is 0 Å². The maximum Gasteiger partial charge on any atom is 0.414 e. The van der Waals surface area contributed by atoms with Crippen molar-refractivity contribution in [2.45, 2.75) is 223 Å². The van der Waals surface area contributed by atoms with Gasteiger partial charge in [-0.2, -0.15) is 0 Å². The molecule has 6 fully saturated rings. The Morgan fingerprint density at radius 3 is 1.24 bits per heavy atom. The lowest BCUT2D eigenvalue weighted by molar-refractivity contribution is -0.159. The first kappa shape index (κ1) is 49.8. The Bertz CT molecular complexity index is 1480. The molecule has 0 heterocycles. The molecule has 4 N–H and O–H groups in total. The summed E-state index contributed by atoms with van der Waals surface area (Å²) in [5, 5.41) is 35.2. The minimum atomic E-state index is -1.82. The molecule has 0 bridgehead atoms. The number of allylic oxidation sites excluding steroid dienone is 2. The zero-order chi connectivity index (χ0) is 45.4. The standard InChI is InChI=1S/2C27H46O.C2H2O4/c2*1-18(2)7-6-8-19(3)23-11-12-24-22-10-9-20-17-21(28)13-15-26(20,4)25(22)14-16-27(23,24)5;3-1(4)2(5)6/h2*9,18-19,21-25,28H,6-8,10-17H2,1-5H3;(H,3,4)(H,5,6)/t2*19-,21+,22+,23-,24+,25+,26+,27-;/m11./s1. The molecule has 0 aromatic rings. The Labute approximate surface area is 379 Å². The van der Waals surface area contributed by atoms with Crippen LogP contribution in [0.25, 0.3) is 0 Å². The van der Waals surface area contributed by atoms with Crippen molar-refractivity contribution in [3.63, 3.8) is 0 Å². The van der Waals surface area contributed by atoms with E-state index in [4.69, 9.17) is 19.8 Å². The summed E-state index contributed by atoms with van der Waals surface area (Å²) >= 11 is 0. The molecule has 0 aromatic heterocycles. The Hall–Kier alpha value is -1.66. The molecule has 0 unspecified atom stereocenters. The molecule has 16 atom stereocenters. The van der Waals surface area contributed by atoms with Gasteiger partial charge in [0.25, 0.3) is 0 Å². The van der Waals surface area contributed by atoms with Crippen molar-refractivity contribution >= 4 is 11.9 Å². The van der Waals surface area contributed by atoms with Gasteiger partial charge in [0.2, 0.25) is 0 Å². The average Bonchev–Trinajstić information content (AvgIpc) is 3.75. The van der Waals surface area contributed by atoms with Gasteiger partial charge in [-0.15, -0.1) is 0 Å². The van der Waals surface area contributed by atoms with Gasteiger partial charge in [-0.25, -0.2) is 9.59 Å². The molecule has 354 valence electrons. The maximum absolute atomic E-state index is 10.2. The van der Waals surface area contributed by atoms with E-state index in [1.165, 1.54) is 116 Å². The topological polar surface area (TPSA) is 115 Å². The highest BCUT2D eigenvalue weighted by Crippen LogP contribution is 2.69. The molecule has 8 aliphatic rings. The van der Waals surface area contributed by atoms with Gasteiger partial charge in [0, 0.05) is 0 Å².